The molecule has 1 aliphatic carbocycles. The number of carbonyl (C=O) groups is 7. The van der Waals surface area contributed by atoms with Crippen LogP contribution in [0.2, 0.25) is 0 Å². The zero-order valence-electron chi connectivity index (χ0n) is 33.4. The van der Waals surface area contributed by atoms with Crippen LogP contribution in [0, 0.1) is 5.92 Å². The Morgan fingerprint density at radius 3 is 2.10 bits per heavy atom. The van der Waals surface area contributed by atoms with E-state index in [4.69, 9.17) is 17.2 Å². The normalized spacial score (nSPS) is 17.2. The molecule has 1 fully saturated rings. The molecule has 4 rings (SSSR count). The van der Waals surface area contributed by atoms with Crippen LogP contribution in [-0.4, -0.2) is 123 Å². The number of aliphatic hydroxyl groups is 1. The van der Waals surface area contributed by atoms with Crippen LogP contribution in [0.5, 0.6) is 5.75 Å². The molecule has 59 heavy (non-hydrogen) atoms. The summed E-state index contributed by atoms with van der Waals surface area (Å²) in [5.74, 6) is -5.80. The highest BCUT2D eigenvalue weighted by atomic mass is 16.4. The van der Waals surface area contributed by atoms with E-state index in [9.17, 15) is 48.9 Å². The molecule has 1 saturated heterocycles. The molecule has 2 aromatic rings. The lowest BCUT2D eigenvalue weighted by molar-refractivity contribution is -0.145. The minimum Gasteiger partial charge on any atom is -0.507 e. The summed E-state index contributed by atoms with van der Waals surface area (Å²) in [6.45, 7) is 5.54. The Morgan fingerprint density at radius 1 is 0.864 bits per heavy atom. The number of benzene rings is 2. The summed E-state index contributed by atoms with van der Waals surface area (Å²) in [4.78, 5) is 98.2. The molecule has 2 aliphatic rings. The second-order valence-electron chi connectivity index (χ2n) is 15.1. The van der Waals surface area contributed by atoms with Gasteiger partial charge in [-0.25, -0.2) is 4.79 Å². The third kappa shape index (κ3) is 11.3. The van der Waals surface area contributed by atoms with Crippen LogP contribution in [0.4, 0.5) is 5.69 Å². The standard InChI is InChI=1S/C40H55N9O10/c1-20(2)31(35(41)54)44-17-7-6-12-25(36(55)48-32(21(3)50)39(58)59)47-37(56)27-14-9-19-49(27)38(57)26(13-8-18-45-40(42)43)46-24-15-16-28(51)30-29(24)33(52)22-10-4-5-11-23(22)34(30)53/h4-5,10-11,15-16,20-21,25-27,31-32,44,46,50-51H,6-9,12-14,17-19H2,1-3H3,(H2,41,54)(H,47,56)(H,48,55)(H,58,59)(H4,42,43,45)/t21-,25+,26+,27+,31+,32+/m1/s1. The number of aliphatic hydroxyl groups excluding tert-OH is 1. The first kappa shape index (κ1) is 45.6. The highest BCUT2D eigenvalue weighted by Gasteiger charge is 2.40. The Balaban J connectivity index is 1.58. The number of likely N-dealkylation sites (tertiary alicyclic amines) is 1. The number of phenolic OH excluding ortho intramolecular Hbond substituents is 1. The number of aromatic hydroxyl groups is 1. The van der Waals surface area contributed by atoms with Gasteiger partial charge < -0.3 is 58.7 Å². The van der Waals surface area contributed by atoms with Crippen molar-refractivity contribution in [1.29, 1.82) is 0 Å². The van der Waals surface area contributed by atoms with Crippen molar-refractivity contribution in [1.82, 2.24) is 20.9 Å². The molecule has 1 heterocycles. The number of fused-ring (bicyclic) bond motifs is 2. The van der Waals surface area contributed by atoms with Crippen molar-refractivity contribution >= 4 is 52.8 Å². The van der Waals surface area contributed by atoms with Gasteiger partial charge in [-0.3, -0.25) is 33.8 Å². The monoisotopic (exact) mass is 821 g/mol. The first-order valence-corrected chi connectivity index (χ1v) is 19.7. The predicted octanol–water partition coefficient (Wildman–Crippen LogP) is -0.302. The molecular weight excluding hydrogens is 766 g/mol. The van der Waals surface area contributed by atoms with Crippen LogP contribution in [0.15, 0.2) is 41.4 Å². The lowest BCUT2D eigenvalue weighted by Gasteiger charge is -2.31. The minimum atomic E-state index is -1.66. The molecule has 19 heteroatoms. The quantitative estimate of drug-likeness (QED) is 0.0286. The van der Waals surface area contributed by atoms with E-state index in [-0.39, 0.29) is 78.6 Å². The van der Waals surface area contributed by atoms with Crippen molar-refractivity contribution in [2.24, 2.45) is 28.1 Å². The average molecular weight is 822 g/mol. The third-order valence-corrected chi connectivity index (χ3v) is 10.4. The van der Waals surface area contributed by atoms with E-state index in [1.165, 1.54) is 36.1 Å². The lowest BCUT2D eigenvalue weighted by Crippen LogP contribution is -2.57. The molecule has 0 spiro atoms. The zero-order chi connectivity index (χ0) is 43.6. The van der Waals surface area contributed by atoms with Gasteiger partial charge in [0.2, 0.25) is 23.6 Å². The summed E-state index contributed by atoms with van der Waals surface area (Å²) >= 11 is 0. The molecule has 1 aliphatic heterocycles. The van der Waals surface area contributed by atoms with E-state index in [1.807, 2.05) is 13.8 Å². The van der Waals surface area contributed by atoms with Crippen molar-refractivity contribution in [2.75, 3.05) is 25.0 Å². The number of aliphatic imine (C=N–C) groups is 1. The van der Waals surface area contributed by atoms with Crippen LogP contribution < -0.4 is 38.5 Å². The summed E-state index contributed by atoms with van der Waals surface area (Å²) < 4.78 is 0. The van der Waals surface area contributed by atoms with Gasteiger partial charge >= 0.3 is 5.97 Å². The van der Waals surface area contributed by atoms with Gasteiger partial charge in [0.15, 0.2) is 23.6 Å². The maximum Gasteiger partial charge on any atom is 0.328 e. The molecule has 19 nitrogen and oxygen atoms in total. The number of primary amides is 1. The Labute approximate surface area is 341 Å². The van der Waals surface area contributed by atoms with Gasteiger partial charge in [-0.15, -0.1) is 0 Å². The number of guanidine groups is 1. The first-order valence-electron chi connectivity index (χ1n) is 19.7. The fourth-order valence-electron chi connectivity index (χ4n) is 7.35. The average Bonchev–Trinajstić information content (AvgIpc) is 3.68. The fraction of sp³-hybridized carbons (Fsp3) is 0.500. The number of carboxylic acid groups (broad SMARTS) is 1. The number of aliphatic carboxylic acids is 1. The number of carbonyl (C=O) groups excluding carboxylic acids is 6. The molecule has 0 unspecified atom stereocenters. The van der Waals surface area contributed by atoms with Crippen LogP contribution in [0.3, 0.4) is 0 Å². The van der Waals surface area contributed by atoms with Crippen molar-refractivity contribution in [3.63, 3.8) is 0 Å². The number of carboxylic acids is 1. The molecule has 320 valence electrons. The van der Waals surface area contributed by atoms with Gasteiger partial charge in [0, 0.05) is 29.9 Å². The summed E-state index contributed by atoms with van der Waals surface area (Å²) in [6.07, 6.45) is 0.430. The van der Waals surface area contributed by atoms with Crippen molar-refractivity contribution < 1.29 is 48.9 Å². The molecule has 6 atom stereocenters. The van der Waals surface area contributed by atoms with E-state index < -0.39 is 83.2 Å². The van der Waals surface area contributed by atoms with E-state index in [0.29, 0.717) is 25.8 Å². The highest BCUT2D eigenvalue weighted by molar-refractivity contribution is 6.31. The van der Waals surface area contributed by atoms with Crippen LogP contribution >= 0.6 is 0 Å². The predicted molar refractivity (Wildman–Crippen MR) is 216 cm³/mol. The van der Waals surface area contributed by atoms with Gasteiger partial charge in [-0.1, -0.05) is 38.1 Å². The molecule has 0 bridgehead atoms. The van der Waals surface area contributed by atoms with Crippen LogP contribution in [-0.2, 0) is 24.0 Å². The number of nitrogens with two attached hydrogens (primary N) is 3. The maximum absolute atomic E-state index is 14.5. The Morgan fingerprint density at radius 2 is 1.51 bits per heavy atom. The number of ketones is 2. The third-order valence-electron chi connectivity index (χ3n) is 10.4. The van der Waals surface area contributed by atoms with E-state index in [1.54, 1.807) is 12.1 Å². The maximum atomic E-state index is 14.5. The number of anilines is 1. The SMILES string of the molecule is CC(C)[C@H](NCCCC[C@H](NC(=O)[C@@H]1CCCN1C(=O)[C@H](CCCN=C(N)N)Nc1ccc(O)c2c1C(=O)c1ccccc1C2=O)C(=O)N[C@H](C(=O)O)[C@@H](C)O)C(N)=O. The van der Waals surface area contributed by atoms with Crippen molar-refractivity contribution in [2.45, 2.75) is 102 Å². The topological polar surface area (TPSA) is 322 Å². The number of hydrogen-bond donors (Lipinski definition) is 10. The van der Waals surface area contributed by atoms with Gasteiger partial charge in [0.25, 0.3) is 0 Å². The van der Waals surface area contributed by atoms with E-state index in [0.717, 1.165) is 0 Å². The Kier molecular flexibility index (Phi) is 15.9. The summed E-state index contributed by atoms with van der Waals surface area (Å²) in [6, 6.07) is 3.20. The molecule has 4 amide bonds. The lowest BCUT2D eigenvalue weighted by atomic mass is 9.82. The number of rotatable bonds is 21. The Hall–Kier alpha value is -6.08. The molecule has 0 saturated carbocycles. The smallest absolute Gasteiger partial charge is 0.328 e. The molecule has 0 radical (unpaired) electrons. The minimum absolute atomic E-state index is 0.0474. The van der Waals surface area contributed by atoms with E-state index >= 15 is 0 Å². The van der Waals surface area contributed by atoms with Crippen LogP contribution in [0.25, 0.3) is 0 Å². The van der Waals surface area contributed by atoms with Crippen LogP contribution in [0.1, 0.15) is 97.6 Å². The second-order valence-corrected chi connectivity index (χ2v) is 15.1. The van der Waals surface area contributed by atoms with Gasteiger partial charge in [-0.2, -0.15) is 0 Å². The fourth-order valence-corrected chi connectivity index (χ4v) is 7.35. The number of amides is 4. The molecule has 2 aromatic carbocycles. The number of unbranched alkanes of at least 4 members (excludes halogenated alkanes) is 1. The van der Waals surface area contributed by atoms with Gasteiger partial charge in [0.1, 0.15) is 23.9 Å². The Bertz CT molecular complexity index is 1950. The number of nitrogens with zero attached hydrogens (tertiary/aromatic N) is 2. The summed E-state index contributed by atoms with van der Waals surface area (Å²) in [7, 11) is 0. The molecule has 13 N–H and O–H groups in total. The molecular formula is C40H55N9O10. The summed E-state index contributed by atoms with van der Waals surface area (Å²) in [5.41, 5.74) is 16.6. The number of phenols is 1. The number of hydrogen-bond acceptors (Lipinski definition) is 12. The number of nitrogens with one attached hydrogen (secondary N) is 4. The van der Waals surface area contributed by atoms with E-state index in [2.05, 4.69) is 26.3 Å². The highest BCUT2D eigenvalue weighted by Crippen LogP contribution is 2.37. The summed E-state index contributed by atoms with van der Waals surface area (Å²) in [5, 5.41) is 41.5. The molecule has 0 aromatic heterocycles. The zero-order valence-corrected chi connectivity index (χ0v) is 33.4. The largest absolute Gasteiger partial charge is 0.507 e. The second kappa shape index (κ2) is 20.6. The first-order chi connectivity index (χ1) is 27.9. The van der Waals surface area contributed by atoms with Crippen molar-refractivity contribution in [3.05, 3.63) is 58.7 Å². The van der Waals surface area contributed by atoms with Gasteiger partial charge in [-0.05, 0) is 76.5 Å². The van der Waals surface area contributed by atoms with Crippen molar-refractivity contribution in [3.8, 4) is 5.75 Å². The van der Waals surface area contributed by atoms with Gasteiger partial charge in [0.05, 0.1) is 23.3 Å².